The summed E-state index contributed by atoms with van der Waals surface area (Å²) >= 11 is 13.6. The Morgan fingerprint density at radius 3 is 2.62 bits per heavy atom. The average molecular weight is 520 g/mol. The third-order valence-electron chi connectivity index (χ3n) is 4.90. The van der Waals surface area contributed by atoms with Gasteiger partial charge in [-0.25, -0.2) is 4.79 Å². The highest BCUT2D eigenvalue weighted by atomic mass is 35.5. The SMILES string of the molecule is COCCC(C(=O)Nc1ccc(C(=O)OC)s1)n1cc(Cl)c(-c2cc(Cl)ccc2C#N)cc1=O. The molecule has 1 aromatic carbocycles. The van der Waals surface area contributed by atoms with Gasteiger partial charge in [0.05, 0.1) is 28.8 Å². The Morgan fingerprint density at radius 1 is 1.18 bits per heavy atom. The zero-order valence-electron chi connectivity index (χ0n) is 18.1. The van der Waals surface area contributed by atoms with Gasteiger partial charge >= 0.3 is 5.97 Å². The zero-order chi connectivity index (χ0) is 24.8. The molecule has 0 aliphatic rings. The number of anilines is 1. The lowest BCUT2D eigenvalue weighted by molar-refractivity contribution is -0.119. The number of nitriles is 1. The number of esters is 1. The van der Waals surface area contributed by atoms with Gasteiger partial charge in [-0.05, 0) is 30.3 Å². The number of hydrogen-bond donors (Lipinski definition) is 1. The highest BCUT2D eigenvalue weighted by Crippen LogP contribution is 2.32. The van der Waals surface area contributed by atoms with Gasteiger partial charge in [-0.2, -0.15) is 5.26 Å². The molecular formula is C23H19Cl2N3O5S. The van der Waals surface area contributed by atoms with Crippen LogP contribution in [0.3, 0.4) is 0 Å². The van der Waals surface area contributed by atoms with Crippen LogP contribution in [0.15, 0.2) is 47.4 Å². The molecule has 1 amide bonds. The minimum absolute atomic E-state index is 0.165. The molecule has 0 saturated carbocycles. The van der Waals surface area contributed by atoms with E-state index in [0.29, 0.717) is 31.6 Å². The standard InChI is InChI=1S/C23H19Cl2N3O5S/c1-32-8-7-18(22(30)27-20-6-5-19(34-20)23(31)33-2)28-12-17(25)16(10-21(28)29)15-9-14(24)4-3-13(15)11-26/h3-6,9-10,12,18H,7-8H2,1-2H3,(H,27,30). The van der Waals surface area contributed by atoms with E-state index in [9.17, 15) is 19.6 Å². The van der Waals surface area contributed by atoms with Crippen molar-refractivity contribution in [2.24, 2.45) is 0 Å². The predicted octanol–water partition coefficient (Wildman–Crippen LogP) is 4.76. The number of carbonyl (C=O) groups excluding carboxylic acids is 2. The van der Waals surface area contributed by atoms with Gasteiger partial charge in [0.15, 0.2) is 0 Å². The molecule has 34 heavy (non-hydrogen) atoms. The molecule has 11 heteroatoms. The molecule has 3 rings (SSSR count). The van der Waals surface area contributed by atoms with Gasteiger partial charge in [0.2, 0.25) is 5.91 Å². The maximum Gasteiger partial charge on any atom is 0.348 e. The van der Waals surface area contributed by atoms with Crippen molar-refractivity contribution in [3.63, 3.8) is 0 Å². The van der Waals surface area contributed by atoms with Crippen LogP contribution >= 0.6 is 34.5 Å². The van der Waals surface area contributed by atoms with Gasteiger partial charge in [-0.3, -0.25) is 9.59 Å². The molecule has 0 aliphatic carbocycles. The molecule has 1 unspecified atom stereocenters. The van der Waals surface area contributed by atoms with Crippen LogP contribution < -0.4 is 10.9 Å². The molecule has 0 fully saturated rings. The van der Waals surface area contributed by atoms with Gasteiger partial charge in [-0.1, -0.05) is 23.2 Å². The molecule has 0 bridgehead atoms. The fraction of sp³-hybridized carbons (Fsp3) is 0.217. The summed E-state index contributed by atoms with van der Waals surface area (Å²) in [5, 5.41) is 13.1. The first-order valence-corrected chi connectivity index (χ1v) is 11.5. The predicted molar refractivity (Wildman–Crippen MR) is 131 cm³/mol. The lowest BCUT2D eigenvalue weighted by atomic mass is 10.0. The van der Waals surface area contributed by atoms with E-state index >= 15 is 0 Å². The topological polar surface area (TPSA) is 110 Å². The third-order valence-corrected chi connectivity index (χ3v) is 6.41. The number of pyridine rings is 1. The number of methoxy groups -OCH3 is 2. The molecule has 8 nitrogen and oxygen atoms in total. The Kier molecular flexibility index (Phi) is 8.47. The molecule has 2 aromatic heterocycles. The Labute approximate surface area is 209 Å². The largest absolute Gasteiger partial charge is 0.465 e. The van der Waals surface area contributed by atoms with E-state index in [1.807, 2.05) is 0 Å². The molecule has 176 valence electrons. The third kappa shape index (κ3) is 5.66. The number of halogens is 2. The van der Waals surface area contributed by atoms with Gasteiger partial charge in [0.25, 0.3) is 5.56 Å². The van der Waals surface area contributed by atoms with Crippen molar-refractivity contribution in [1.82, 2.24) is 4.57 Å². The van der Waals surface area contributed by atoms with Crippen LogP contribution in [0, 0.1) is 11.3 Å². The molecular weight excluding hydrogens is 501 g/mol. The van der Waals surface area contributed by atoms with E-state index in [1.165, 1.54) is 43.2 Å². The molecule has 2 heterocycles. The number of benzene rings is 1. The van der Waals surface area contributed by atoms with E-state index in [2.05, 4.69) is 16.1 Å². The van der Waals surface area contributed by atoms with E-state index in [1.54, 1.807) is 18.2 Å². The van der Waals surface area contributed by atoms with Crippen LogP contribution in [0.25, 0.3) is 11.1 Å². The molecule has 3 aromatic rings. The molecule has 0 saturated heterocycles. The number of rotatable bonds is 8. The molecule has 0 aliphatic heterocycles. The van der Waals surface area contributed by atoms with Crippen molar-refractivity contribution in [3.05, 3.63) is 73.4 Å². The number of nitrogens with zero attached hydrogens (tertiary/aromatic N) is 2. The monoisotopic (exact) mass is 519 g/mol. The highest BCUT2D eigenvalue weighted by molar-refractivity contribution is 7.18. The number of aromatic nitrogens is 1. The summed E-state index contributed by atoms with van der Waals surface area (Å²) in [5.74, 6) is -1.00. The fourth-order valence-corrected chi connectivity index (χ4v) is 4.52. The maximum atomic E-state index is 13.1. The number of carbonyl (C=O) groups is 2. The van der Waals surface area contributed by atoms with E-state index in [4.69, 9.17) is 27.9 Å². The maximum absolute atomic E-state index is 13.1. The Bertz CT molecular complexity index is 1330. The lowest BCUT2D eigenvalue weighted by Crippen LogP contribution is -2.33. The molecule has 0 spiro atoms. The van der Waals surface area contributed by atoms with Gasteiger partial charge in [0, 0.05) is 48.6 Å². The van der Waals surface area contributed by atoms with Crippen molar-refractivity contribution in [1.29, 1.82) is 5.26 Å². The first-order chi connectivity index (χ1) is 16.3. The van der Waals surface area contributed by atoms with E-state index in [0.717, 1.165) is 11.3 Å². The molecule has 0 radical (unpaired) electrons. The number of nitrogens with one attached hydrogen (secondary N) is 1. The number of hydrogen-bond acceptors (Lipinski definition) is 7. The Hall–Kier alpha value is -3.16. The highest BCUT2D eigenvalue weighted by Gasteiger charge is 2.24. The number of amides is 1. The Balaban J connectivity index is 1.97. The summed E-state index contributed by atoms with van der Waals surface area (Å²) in [6.07, 6.45) is 1.54. The summed E-state index contributed by atoms with van der Waals surface area (Å²) in [6.45, 7) is 0.203. The van der Waals surface area contributed by atoms with Gasteiger partial charge in [0.1, 0.15) is 10.9 Å². The molecule has 1 atom stereocenters. The number of thiophene rings is 1. The second-order valence-corrected chi connectivity index (χ2v) is 8.95. The van der Waals surface area contributed by atoms with Crippen molar-refractivity contribution >= 4 is 51.4 Å². The fourth-order valence-electron chi connectivity index (χ4n) is 3.26. The second-order valence-electron chi connectivity index (χ2n) is 7.02. The minimum atomic E-state index is -0.947. The lowest BCUT2D eigenvalue weighted by Gasteiger charge is -2.20. The Morgan fingerprint density at radius 2 is 1.94 bits per heavy atom. The first-order valence-electron chi connectivity index (χ1n) is 9.88. The van der Waals surface area contributed by atoms with E-state index in [-0.39, 0.29) is 18.1 Å². The van der Waals surface area contributed by atoms with Crippen molar-refractivity contribution < 1.29 is 19.1 Å². The zero-order valence-corrected chi connectivity index (χ0v) is 20.5. The summed E-state index contributed by atoms with van der Waals surface area (Å²) in [5.41, 5.74) is 0.544. The smallest absolute Gasteiger partial charge is 0.348 e. The number of ether oxygens (including phenoxy) is 2. The van der Waals surface area contributed by atoms with Crippen LogP contribution in [0.1, 0.15) is 27.7 Å². The van der Waals surface area contributed by atoms with Gasteiger partial charge in [-0.15, -0.1) is 11.3 Å². The van der Waals surface area contributed by atoms with Crippen LogP contribution in [-0.4, -0.2) is 37.3 Å². The summed E-state index contributed by atoms with van der Waals surface area (Å²) in [6, 6.07) is 10.1. The normalized spacial score (nSPS) is 11.5. The van der Waals surface area contributed by atoms with Crippen molar-refractivity contribution in [3.8, 4) is 17.2 Å². The van der Waals surface area contributed by atoms with Crippen molar-refractivity contribution in [2.45, 2.75) is 12.5 Å². The average Bonchev–Trinajstić information content (AvgIpc) is 3.29. The van der Waals surface area contributed by atoms with Crippen LogP contribution in [-0.2, 0) is 14.3 Å². The minimum Gasteiger partial charge on any atom is -0.465 e. The van der Waals surface area contributed by atoms with E-state index < -0.39 is 23.5 Å². The second kappa shape index (κ2) is 11.3. The summed E-state index contributed by atoms with van der Waals surface area (Å²) in [4.78, 5) is 38.1. The first kappa shape index (κ1) is 25.5. The van der Waals surface area contributed by atoms with Crippen LogP contribution in [0.2, 0.25) is 10.0 Å². The summed E-state index contributed by atoms with van der Waals surface area (Å²) in [7, 11) is 2.75. The molecule has 1 N–H and O–H groups in total. The van der Waals surface area contributed by atoms with Crippen LogP contribution in [0.5, 0.6) is 0 Å². The van der Waals surface area contributed by atoms with Crippen LogP contribution in [0.4, 0.5) is 5.00 Å². The summed E-state index contributed by atoms with van der Waals surface area (Å²) < 4.78 is 11.0. The van der Waals surface area contributed by atoms with Gasteiger partial charge < -0.3 is 19.4 Å². The quantitative estimate of drug-likeness (QED) is 0.429. The van der Waals surface area contributed by atoms with Crippen molar-refractivity contribution in [2.75, 3.05) is 26.1 Å².